The van der Waals surface area contributed by atoms with E-state index < -0.39 is 0 Å². The number of rotatable bonds is 3. The van der Waals surface area contributed by atoms with Crippen LogP contribution in [0.3, 0.4) is 0 Å². The first-order chi connectivity index (χ1) is 8.19. The largest absolute Gasteiger partial charge is 0.388 e. The quantitative estimate of drug-likeness (QED) is 0.873. The van der Waals surface area contributed by atoms with E-state index in [1.165, 1.54) is 11.3 Å². The van der Waals surface area contributed by atoms with Gasteiger partial charge in [0.2, 0.25) is 5.13 Å². The van der Waals surface area contributed by atoms with E-state index in [1.807, 2.05) is 26.1 Å². The average molecular weight is 248 g/mol. The van der Waals surface area contributed by atoms with Gasteiger partial charge in [0.25, 0.3) is 5.91 Å². The van der Waals surface area contributed by atoms with Crippen LogP contribution in [0.25, 0.3) is 0 Å². The lowest BCUT2D eigenvalue weighted by Gasteiger charge is -2.04. The standard InChI is InChI=1S/C11H12N4OS/c1-7-14-15-11(17-7)13-10(16)8-4-3-5-9(6-8)12-2/h3-6,12H,1-2H3,(H,13,15,16). The molecule has 0 spiro atoms. The summed E-state index contributed by atoms with van der Waals surface area (Å²) >= 11 is 1.35. The molecule has 6 heteroatoms. The summed E-state index contributed by atoms with van der Waals surface area (Å²) in [6.45, 7) is 1.84. The minimum atomic E-state index is -0.182. The highest BCUT2D eigenvalue weighted by Gasteiger charge is 2.09. The number of carbonyl (C=O) groups is 1. The van der Waals surface area contributed by atoms with Gasteiger partial charge in [-0.1, -0.05) is 17.4 Å². The maximum absolute atomic E-state index is 11.9. The molecule has 0 radical (unpaired) electrons. The van der Waals surface area contributed by atoms with Crippen LogP contribution in [-0.4, -0.2) is 23.2 Å². The molecule has 2 rings (SSSR count). The van der Waals surface area contributed by atoms with Gasteiger partial charge in [0.1, 0.15) is 5.01 Å². The number of aromatic nitrogens is 2. The maximum atomic E-state index is 11.9. The Bertz CT molecular complexity index is 538. The summed E-state index contributed by atoms with van der Waals surface area (Å²) in [7, 11) is 1.81. The predicted octanol–water partition coefficient (Wildman–Crippen LogP) is 2.14. The predicted molar refractivity (Wildman–Crippen MR) is 68.6 cm³/mol. The number of nitrogens with one attached hydrogen (secondary N) is 2. The van der Waals surface area contributed by atoms with Gasteiger partial charge >= 0.3 is 0 Å². The van der Waals surface area contributed by atoms with Crippen LogP contribution in [0.5, 0.6) is 0 Å². The minimum Gasteiger partial charge on any atom is -0.388 e. The van der Waals surface area contributed by atoms with Crippen LogP contribution in [0.2, 0.25) is 0 Å². The van der Waals surface area contributed by atoms with Crippen molar-refractivity contribution in [3.63, 3.8) is 0 Å². The van der Waals surface area contributed by atoms with Crippen molar-refractivity contribution in [1.29, 1.82) is 0 Å². The number of amides is 1. The van der Waals surface area contributed by atoms with Crippen molar-refractivity contribution in [2.45, 2.75) is 6.92 Å². The average Bonchev–Trinajstić information content (AvgIpc) is 2.75. The second kappa shape index (κ2) is 4.92. The van der Waals surface area contributed by atoms with Crippen LogP contribution >= 0.6 is 11.3 Å². The molecule has 0 fully saturated rings. The lowest BCUT2D eigenvalue weighted by Crippen LogP contribution is -2.11. The number of hydrogen-bond acceptors (Lipinski definition) is 5. The first-order valence-corrected chi connectivity index (χ1v) is 5.90. The second-order valence-electron chi connectivity index (χ2n) is 3.41. The Morgan fingerprint density at radius 1 is 1.35 bits per heavy atom. The van der Waals surface area contributed by atoms with Crippen LogP contribution in [0.15, 0.2) is 24.3 Å². The normalized spacial score (nSPS) is 10.0. The van der Waals surface area contributed by atoms with E-state index in [1.54, 1.807) is 12.1 Å². The molecule has 5 nitrogen and oxygen atoms in total. The molecule has 2 N–H and O–H groups in total. The van der Waals surface area contributed by atoms with Crippen LogP contribution in [-0.2, 0) is 0 Å². The molecule has 0 saturated heterocycles. The third kappa shape index (κ3) is 2.79. The molecule has 0 bridgehead atoms. The van der Waals surface area contributed by atoms with Crippen molar-refractivity contribution in [3.8, 4) is 0 Å². The van der Waals surface area contributed by atoms with E-state index in [4.69, 9.17) is 0 Å². The summed E-state index contributed by atoms with van der Waals surface area (Å²) < 4.78 is 0. The van der Waals surface area contributed by atoms with E-state index in [2.05, 4.69) is 20.8 Å². The Hall–Kier alpha value is -1.95. The molecule has 17 heavy (non-hydrogen) atoms. The van der Waals surface area contributed by atoms with Crippen molar-refractivity contribution in [2.75, 3.05) is 17.7 Å². The lowest BCUT2D eigenvalue weighted by molar-refractivity contribution is 0.102. The number of anilines is 2. The Kier molecular flexibility index (Phi) is 3.34. The van der Waals surface area contributed by atoms with Crippen LogP contribution in [0.4, 0.5) is 10.8 Å². The van der Waals surface area contributed by atoms with E-state index >= 15 is 0 Å². The molecule has 1 aromatic carbocycles. The fraction of sp³-hybridized carbons (Fsp3) is 0.182. The highest BCUT2D eigenvalue weighted by Crippen LogP contribution is 2.16. The highest BCUT2D eigenvalue weighted by molar-refractivity contribution is 7.15. The molecule has 0 unspecified atom stereocenters. The molecule has 0 aliphatic rings. The number of carbonyl (C=O) groups excluding carboxylic acids is 1. The topological polar surface area (TPSA) is 66.9 Å². The minimum absolute atomic E-state index is 0.182. The van der Waals surface area contributed by atoms with E-state index in [0.717, 1.165) is 10.7 Å². The number of hydrogen-bond donors (Lipinski definition) is 2. The van der Waals surface area contributed by atoms with E-state index in [-0.39, 0.29) is 5.91 Å². The SMILES string of the molecule is CNc1cccc(C(=O)Nc2nnc(C)s2)c1. The van der Waals surface area contributed by atoms with Gasteiger partial charge in [-0.3, -0.25) is 10.1 Å². The molecule has 0 aliphatic heterocycles. The third-order valence-corrected chi connectivity index (χ3v) is 2.91. The zero-order chi connectivity index (χ0) is 12.3. The van der Waals surface area contributed by atoms with Gasteiger partial charge < -0.3 is 5.32 Å². The molecule has 2 aromatic rings. The van der Waals surface area contributed by atoms with Gasteiger partial charge in [0.05, 0.1) is 0 Å². The van der Waals surface area contributed by atoms with Gasteiger partial charge in [-0.05, 0) is 25.1 Å². The van der Waals surface area contributed by atoms with Crippen LogP contribution < -0.4 is 10.6 Å². The highest BCUT2D eigenvalue weighted by atomic mass is 32.1. The molecule has 0 atom stereocenters. The number of aryl methyl sites for hydroxylation is 1. The molecule has 1 amide bonds. The number of benzene rings is 1. The van der Waals surface area contributed by atoms with Crippen molar-refractivity contribution in [1.82, 2.24) is 10.2 Å². The fourth-order valence-electron chi connectivity index (χ4n) is 1.33. The zero-order valence-corrected chi connectivity index (χ0v) is 10.3. The second-order valence-corrected chi connectivity index (χ2v) is 4.59. The first kappa shape index (κ1) is 11.5. The summed E-state index contributed by atoms with van der Waals surface area (Å²) in [5.41, 5.74) is 1.48. The smallest absolute Gasteiger partial charge is 0.257 e. The molecule has 88 valence electrons. The van der Waals surface area contributed by atoms with Gasteiger partial charge in [0.15, 0.2) is 0 Å². The summed E-state index contributed by atoms with van der Waals surface area (Å²) in [5, 5.41) is 14.7. The Labute approximate surface area is 103 Å². The van der Waals surface area contributed by atoms with Gasteiger partial charge in [-0.25, -0.2) is 0 Å². The van der Waals surface area contributed by atoms with Gasteiger partial charge in [-0.2, -0.15) is 0 Å². The van der Waals surface area contributed by atoms with Crippen molar-refractivity contribution in [3.05, 3.63) is 34.8 Å². The van der Waals surface area contributed by atoms with Crippen molar-refractivity contribution >= 4 is 28.1 Å². The molecule has 1 heterocycles. The zero-order valence-electron chi connectivity index (χ0n) is 9.52. The summed E-state index contributed by atoms with van der Waals surface area (Å²) in [6, 6.07) is 7.26. The maximum Gasteiger partial charge on any atom is 0.257 e. The van der Waals surface area contributed by atoms with Crippen LogP contribution in [0.1, 0.15) is 15.4 Å². The van der Waals surface area contributed by atoms with Gasteiger partial charge in [0, 0.05) is 18.3 Å². The Morgan fingerprint density at radius 3 is 2.82 bits per heavy atom. The van der Waals surface area contributed by atoms with Crippen molar-refractivity contribution < 1.29 is 4.79 Å². The molecule has 1 aromatic heterocycles. The van der Waals surface area contributed by atoms with Gasteiger partial charge in [-0.15, -0.1) is 10.2 Å². The summed E-state index contributed by atoms with van der Waals surface area (Å²) in [4.78, 5) is 11.9. The lowest BCUT2D eigenvalue weighted by atomic mass is 10.2. The van der Waals surface area contributed by atoms with Crippen molar-refractivity contribution in [2.24, 2.45) is 0 Å². The molecule has 0 saturated carbocycles. The molecular weight excluding hydrogens is 236 g/mol. The monoisotopic (exact) mass is 248 g/mol. The molecule has 0 aliphatic carbocycles. The summed E-state index contributed by atoms with van der Waals surface area (Å²) in [5.74, 6) is -0.182. The third-order valence-electron chi connectivity index (χ3n) is 2.16. The fourth-order valence-corrected chi connectivity index (χ4v) is 1.92. The van der Waals surface area contributed by atoms with Crippen LogP contribution in [0, 0.1) is 6.92 Å². The van der Waals surface area contributed by atoms with E-state index in [0.29, 0.717) is 10.7 Å². The molecular formula is C11H12N4OS. The summed E-state index contributed by atoms with van der Waals surface area (Å²) in [6.07, 6.45) is 0. The van der Waals surface area contributed by atoms with E-state index in [9.17, 15) is 4.79 Å². The Morgan fingerprint density at radius 2 is 2.18 bits per heavy atom. The number of nitrogens with zero attached hydrogens (tertiary/aromatic N) is 2. The Balaban J connectivity index is 2.14. The first-order valence-electron chi connectivity index (χ1n) is 5.08.